The molecule has 0 aliphatic carbocycles. The largest absolute Gasteiger partial charge is 0.494 e. The molecule has 0 radical (unpaired) electrons. The van der Waals surface area contributed by atoms with Gasteiger partial charge in [0.2, 0.25) is 5.91 Å². The summed E-state index contributed by atoms with van der Waals surface area (Å²) in [5.41, 5.74) is 3.33. The Morgan fingerprint density at radius 3 is 2.15 bits per heavy atom. The number of benzene rings is 2. The minimum absolute atomic E-state index is 0.0240. The number of anilines is 1. The summed E-state index contributed by atoms with van der Waals surface area (Å²) in [5, 5.41) is 3.07. The number of carbonyl (C=O) groups excluding carboxylic acids is 1. The predicted octanol–water partition coefficient (Wildman–Crippen LogP) is 3.11. The van der Waals surface area contributed by atoms with Gasteiger partial charge < -0.3 is 19.9 Å². The average Bonchev–Trinajstić information content (AvgIpc) is 2.64. The normalized spacial score (nSPS) is 11.9. The van der Waals surface area contributed by atoms with Gasteiger partial charge in [-0.1, -0.05) is 24.3 Å². The minimum Gasteiger partial charge on any atom is -0.494 e. The lowest BCUT2D eigenvalue weighted by Gasteiger charge is -2.26. The monoisotopic (exact) mass is 369 g/mol. The van der Waals surface area contributed by atoms with E-state index in [1.165, 1.54) is 5.56 Å². The van der Waals surface area contributed by atoms with E-state index in [2.05, 4.69) is 39.4 Å². The molecule has 1 N–H and O–H groups in total. The Kier molecular flexibility index (Phi) is 7.67. The molecule has 0 heterocycles. The quantitative estimate of drug-likeness (QED) is 0.738. The van der Waals surface area contributed by atoms with Crippen molar-refractivity contribution in [3.05, 3.63) is 59.7 Å². The second-order valence-electron chi connectivity index (χ2n) is 7.02. The minimum atomic E-state index is 0.0240. The SMILES string of the molecule is CCOc1ccc(CC(=O)NC[C@H](c2ccc(N(C)C)cc2)N(C)C)cc1. The summed E-state index contributed by atoms with van der Waals surface area (Å²) in [6.07, 6.45) is 0.367. The Balaban J connectivity index is 1.93. The molecule has 0 spiro atoms. The fourth-order valence-electron chi connectivity index (χ4n) is 2.92. The van der Waals surface area contributed by atoms with E-state index < -0.39 is 0 Å². The van der Waals surface area contributed by atoms with Crippen LogP contribution in [0.15, 0.2) is 48.5 Å². The zero-order valence-corrected chi connectivity index (χ0v) is 17.0. The molecule has 0 bridgehead atoms. The van der Waals surface area contributed by atoms with Gasteiger partial charge in [-0.3, -0.25) is 4.79 Å². The molecule has 0 aromatic heterocycles. The Hall–Kier alpha value is -2.53. The molecule has 0 saturated heterocycles. The zero-order valence-electron chi connectivity index (χ0n) is 17.0. The first-order valence-electron chi connectivity index (χ1n) is 9.33. The maximum absolute atomic E-state index is 12.4. The number of hydrogen-bond acceptors (Lipinski definition) is 4. The lowest BCUT2D eigenvalue weighted by atomic mass is 10.0. The summed E-state index contributed by atoms with van der Waals surface area (Å²) in [7, 11) is 8.12. The Morgan fingerprint density at radius 1 is 1.00 bits per heavy atom. The van der Waals surface area contributed by atoms with Gasteiger partial charge in [0.15, 0.2) is 0 Å². The molecule has 1 amide bonds. The van der Waals surface area contributed by atoms with E-state index in [4.69, 9.17) is 4.74 Å². The standard InChI is InChI=1S/C22H31N3O2/c1-6-27-20-13-7-17(8-14-20)15-22(26)23-16-21(25(4)5)18-9-11-19(12-10-18)24(2)3/h7-14,21H,6,15-16H2,1-5H3,(H,23,26)/t21-/m1/s1. The van der Waals surface area contributed by atoms with Crippen LogP contribution in [0.25, 0.3) is 0 Å². The first kappa shape index (κ1) is 20.8. The van der Waals surface area contributed by atoms with Gasteiger partial charge in [0.05, 0.1) is 19.1 Å². The number of hydrogen-bond donors (Lipinski definition) is 1. The van der Waals surface area contributed by atoms with Crippen molar-refractivity contribution in [3.8, 4) is 5.75 Å². The third kappa shape index (κ3) is 6.29. The van der Waals surface area contributed by atoms with E-state index in [1.54, 1.807) is 0 Å². The second-order valence-corrected chi connectivity index (χ2v) is 7.02. The van der Waals surface area contributed by atoms with E-state index in [0.717, 1.165) is 17.0 Å². The first-order valence-corrected chi connectivity index (χ1v) is 9.33. The molecule has 0 fully saturated rings. The maximum Gasteiger partial charge on any atom is 0.224 e. The molecule has 0 saturated carbocycles. The van der Waals surface area contributed by atoms with Crippen LogP contribution in [0, 0.1) is 0 Å². The number of nitrogens with zero attached hydrogens (tertiary/aromatic N) is 2. The highest BCUT2D eigenvalue weighted by Crippen LogP contribution is 2.21. The molecule has 2 rings (SSSR count). The Labute approximate surface area is 162 Å². The Morgan fingerprint density at radius 2 is 1.63 bits per heavy atom. The summed E-state index contributed by atoms with van der Waals surface area (Å²) >= 11 is 0. The lowest BCUT2D eigenvalue weighted by molar-refractivity contribution is -0.120. The van der Waals surface area contributed by atoms with E-state index in [-0.39, 0.29) is 11.9 Å². The average molecular weight is 370 g/mol. The van der Waals surface area contributed by atoms with Crippen molar-refractivity contribution in [2.24, 2.45) is 0 Å². The highest BCUT2D eigenvalue weighted by Gasteiger charge is 2.15. The summed E-state index contributed by atoms with van der Waals surface area (Å²) in [6, 6.07) is 16.3. The van der Waals surface area contributed by atoms with E-state index >= 15 is 0 Å². The number of ether oxygens (including phenoxy) is 1. The van der Waals surface area contributed by atoms with Gasteiger partial charge in [-0.15, -0.1) is 0 Å². The molecule has 5 heteroatoms. The van der Waals surface area contributed by atoms with E-state index in [0.29, 0.717) is 19.6 Å². The Bertz CT molecular complexity index is 709. The van der Waals surface area contributed by atoms with Crippen LogP contribution in [0.3, 0.4) is 0 Å². The van der Waals surface area contributed by atoms with Gasteiger partial charge in [-0.2, -0.15) is 0 Å². The van der Waals surface area contributed by atoms with Gasteiger partial charge in [0.25, 0.3) is 0 Å². The maximum atomic E-state index is 12.4. The molecule has 0 aliphatic rings. The topological polar surface area (TPSA) is 44.8 Å². The van der Waals surface area contributed by atoms with Crippen molar-refractivity contribution in [3.63, 3.8) is 0 Å². The van der Waals surface area contributed by atoms with Crippen molar-refractivity contribution in [1.29, 1.82) is 0 Å². The van der Waals surface area contributed by atoms with Gasteiger partial charge in [0.1, 0.15) is 5.75 Å². The third-order valence-corrected chi connectivity index (χ3v) is 4.51. The number of nitrogens with one attached hydrogen (secondary N) is 1. The van der Waals surface area contributed by atoms with Crippen LogP contribution >= 0.6 is 0 Å². The van der Waals surface area contributed by atoms with Crippen LogP contribution in [-0.4, -0.2) is 52.1 Å². The molecule has 146 valence electrons. The van der Waals surface area contributed by atoms with Gasteiger partial charge in [0, 0.05) is 26.3 Å². The summed E-state index contributed by atoms with van der Waals surface area (Å²) < 4.78 is 5.43. The fourth-order valence-corrected chi connectivity index (χ4v) is 2.92. The zero-order chi connectivity index (χ0) is 19.8. The van der Waals surface area contributed by atoms with Crippen molar-refractivity contribution >= 4 is 11.6 Å². The predicted molar refractivity (Wildman–Crippen MR) is 112 cm³/mol. The number of amides is 1. The molecule has 27 heavy (non-hydrogen) atoms. The number of rotatable bonds is 9. The third-order valence-electron chi connectivity index (χ3n) is 4.51. The van der Waals surface area contributed by atoms with E-state index in [9.17, 15) is 4.79 Å². The van der Waals surface area contributed by atoms with Crippen molar-refractivity contribution in [2.75, 3.05) is 46.2 Å². The molecule has 2 aromatic rings. The first-order chi connectivity index (χ1) is 12.9. The number of likely N-dealkylation sites (N-methyl/N-ethyl adjacent to an activating group) is 1. The summed E-state index contributed by atoms with van der Waals surface area (Å²) in [5.74, 6) is 0.853. The molecule has 5 nitrogen and oxygen atoms in total. The van der Waals surface area contributed by atoms with Gasteiger partial charge in [-0.25, -0.2) is 0 Å². The lowest BCUT2D eigenvalue weighted by Crippen LogP contribution is -2.35. The van der Waals surface area contributed by atoms with Crippen molar-refractivity contribution < 1.29 is 9.53 Å². The van der Waals surface area contributed by atoms with Gasteiger partial charge in [-0.05, 0) is 56.4 Å². The van der Waals surface area contributed by atoms with Crippen molar-refractivity contribution in [1.82, 2.24) is 10.2 Å². The van der Waals surface area contributed by atoms with Crippen LogP contribution in [0.1, 0.15) is 24.1 Å². The van der Waals surface area contributed by atoms with Crippen LogP contribution in [0.2, 0.25) is 0 Å². The second kappa shape index (κ2) is 9.97. The smallest absolute Gasteiger partial charge is 0.224 e. The van der Waals surface area contributed by atoms with Crippen molar-refractivity contribution in [2.45, 2.75) is 19.4 Å². The van der Waals surface area contributed by atoms with Crippen LogP contribution in [0.5, 0.6) is 5.75 Å². The van der Waals surface area contributed by atoms with Gasteiger partial charge >= 0.3 is 0 Å². The fraction of sp³-hybridized carbons (Fsp3) is 0.409. The van der Waals surface area contributed by atoms with Crippen LogP contribution in [-0.2, 0) is 11.2 Å². The highest BCUT2D eigenvalue weighted by molar-refractivity contribution is 5.78. The van der Waals surface area contributed by atoms with Crippen LogP contribution < -0.4 is 15.0 Å². The molecular weight excluding hydrogens is 338 g/mol. The highest BCUT2D eigenvalue weighted by atomic mass is 16.5. The summed E-state index contributed by atoms with van der Waals surface area (Å²) in [6.45, 7) is 3.17. The molecule has 0 unspecified atom stereocenters. The molecule has 1 atom stereocenters. The molecule has 0 aliphatic heterocycles. The molecule has 2 aromatic carbocycles. The van der Waals surface area contributed by atoms with E-state index in [1.807, 2.05) is 59.4 Å². The summed E-state index contributed by atoms with van der Waals surface area (Å²) in [4.78, 5) is 16.6. The van der Waals surface area contributed by atoms with Crippen LogP contribution in [0.4, 0.5) is 5.69 Å². The molecular formula is C22H31N3O2. The number of carbonyl (C=O) groups is 1.